The molecule has 0 bridgehead atoms. The van der Waals surface area contributed by atoms with Gasteiger partial charge in [0.05, 0.1) is 11.3 Å². The number of hydrogen-bond acceptors (Lipinski definition) is 4. The molecule has 19 heavy (non-hydrogen) atoms. The Morgan fingerprint density at radius 3 is 2.47 bits per heavy atom. The van der Waals surface area contributed by atoms with Crippen molar-refractivity contribution in [2.75, 3.05) is 0 Å². The van der Waals surface area contributed by atoms with Gasteiger partial charge in [0, 0.05) is 4.90 Å². The van der Waals surface area contributed by atoms with Gasteiger partial charge in [-0.25, -0.2) is 0 Å². The Morgan fingerprint density at radius 2 is 1.84 bits per heavy atom. The molecule has 0 aliphatic rings. The number of nitrogens with zero attached hydrogens (tertiary/aromatic N) is 3. The summed E-state index contributed by atoms with van der Waals surface area (Å²) in [6, 6.07) is 8.49. The van der Waals surface area contributed by atoms with Crippen molar-refractivity contribution in [1.29, 1.82) is 5.26 Å². The predicted molar refractivity (Wildman–Crippen MR) is 76.3 cm³/mol. The van der Waals surface area contributed by atoms with E-state index in [0.29, 0.717) is 10.6 Å². The first-order chi connectivity index (χ1) is 9.02. The summed E-state index contributed by atoms with van der Waals surface area (Å²) in [4.78, 5) is 1.11. The molecule has 0 saturated heterocycles. The van der Waals surface area contributed by atoms with E-state index >= 15 is 0 Å². The van der Waals surface area contributed by atoms with Gasteiger partial charge in [-0.2, -0.15) is 10.4 Å². The van der Waals surface area contributed by atoms with Gasteiger partial charge in [-0.3, -0.25) is 0 Å². The van der Waals surface area contributed by atoms with Crippen LogP contribution in [0.3, 0.4) is 0 Å². The molecule has 0 N–H and O–H groups in total. The standard InChI is InChI=1S/C15H15N3S/c1-9-5-6-14(10(2)7-9)19-15-13(8-16)11(3)12(4)17-18-15/h5-7H,1-4H3. The average molecular weight is 269 g/mol. The van der Waals surface area contributed by atoms with Gasteiger partial charge in [0.15, 0.2) is 0 Å². The summed E-state index contributed by atoms with van der Waals surface area (Å²) in [5.74, 6) is 0. The molecule has 0 amide bonds. The van der Waals surface area contributed by atoms with Gasteiger partial charge in [0.25, 0.3) is 0 Å². The molecule has 0 fully saturated rings. The predicted octanol–water partition coefficient (Wildman–Crippen LogP) is 3.73. The highest BCUT2D eigenvalue weighted by molar-refractivity contribution is 7.99. The van der Waals surface area contributed by atoms with E-state index in [1.807, 2.05) is 13.8 Å². The molecule has 2 aromatic rings. The van der Waals surface area contributed by atoms with Crippen LogP contribution in [0.4, 0.5) is 0 Å². The second-order valence-electron chi connectivity index (χ2n) is 4.57. The van der Waals surface area contributed by atoms with Crippen LogP contribution in [0.5, 0.6) is 0 Å². The third-order valence-corrected chi connectivity index (χ3v) is 4.23. The van der Waals surface area contributed by atoms with Gasteiger partial charge >= 0.3 is 0 Å². The van der Waals surface area contributed by atoms with Crippen LogP contribution < -0.4 is 0 Å². The van der Waals surface area contributed by atoms with Gasteiger partial charge in [0.2, 0.25) is 0 Å². The van der Waals surface area contributed by atoms with Crippen LogP contribution in [-0.2, 0) is 0 Å². The fourth-order valence-corrected chi connectivity index (χ4v) is 2.75. The van der Waals surface area contributed by atoms with E-state index in [9.17, 15) is 5.26 Å². The molecule has 0 atom stereocenters. The fraction of sp³-hybridized carbons (Fsp3) is 0.267. The SMILES string of the molecule is Cc1ccc(Sc2nnc(C)c(C)c2C#N)c(C)c1. The summed E-state index contributed by atoms with van der Waals surface area (Å²) < 4.78 is 0. The second-order valence-corrected chi connectivity index (χ2v) is 5.60. The molecular weight excluding hydrogens is 254 g/mol. The van der Waals surface area contributed by atoms with Crippen molar-refractivity contribution >= 4 is 11.8 Å². The van der Waals surface area contributed by atoms with Crippen molar-refractivity contribution < 1.29 is 0 Å². The second kappa shape index (κ2) is 5.41. The van der Waals surface area contributed by atoms with Crippen molar-refractivity contribution in [3.05, 3.63) is 46.1 Å². The average Bonchev–Trinajstić information content (AvgIpc) is 2.37. The molecule has 0 saturated carbocycles. The molecule has 0 aliphatic heterocycles. The molecule has 0 spiro atoms. The zero-order chi connectivity index (χ0) is 14.0. The number of nitriles is 1. The van der Waals surface area contributed by atoms with Gasteiger partial charge in [-0.15, -0.1) is 5.10 Å². The largest absolute Gasteiger partial charge is 0.192 e. The van der Waals surface area contributed by atoms with Crippen molar-refractivity contribution in [1.82, 2.24) is 10.2 Å². The molecule has 3 nitrogen and oxygen atoms in total. The van der Waals surface area contributed by atoms with E-state index in [4.69, 9.17) is 0 Å². The third kappa shape index (κ3) is 2.77. The summed E-state index contributed by atoms with van der Waals surface area (Å²) >= 11 is 1.50. The van der Waals surface area contributed by atoms with Crippen molar-refractivity contribution in [3.63, 3.8) is 0 Å². The number of benzene rings is 1. The van der Waals surface area contributed by atoms with Crippen LogP contribution in [0.2, 0.25) is 0 Å². The van der Waals surface area contributed by atoms with Gasteiger partial charge in [0.1, 0.15) is 11.1 Å². The van der Waals surface area contributed by atoms with Gasteiger partial charge in [-0.1, -0.05) is 29.5 Å². The molecule has 1 heterocycles. The monoisotopic (exact) mass is 269 g/mol. The number of aromatic nitrogens is 2. The summed E-state index contributed by atoms with van der Waals surface area (Å²) in [7, 11) is 0. The lowest BCUT2D eigenvalue weighted by Gasteiger charge is -2.09. The van der Waals surface area contributed by atoms with E-state index < -0.39 is 0 Å². The minimum Gasteiger partial charge on any atom is -0.192 e. The minimum atomic E-state index is 0.623. The molecule has 0 aliphatic carbocycles. The van der Waals surface area contributed by atoms with Crippen LogP contribution in [0.25, 0.3) is 0 Å². The lowest BCUT2D eigenvalue weighted by atomic mass is 10.1. The highest BCUT2D eigenvalue weighted by Crippen LogP contribution is 2.32. The smallest absolute Gasteiger partial charge is 0.142 e. The van der Waals surface area contributed by atoms with Crippen molar-refractivity contribution in [2.24, 2.45) is 0 Å². The summed E-state index contributed by atoms with van der Waals surface area (Å²) in [6.07, 6.45) is 0. The molecule has 4 heteroatoms. The Labute approximate surface area is 117 Å². The number of rotatable bonds is 2. The van der Waals surface area contributed by atoms with Crippen LogP contribution in [-0.4, -0.2) is 10.2 Å². The van der Waals surface area contributed by atoms with E-state index in [1.165, 1.54) is 22.9 Å². The summed E-state index contributed by atoms with van der Waals surface area (Å²) in [6.45, 7) is 7.91. The molecule has 1 aromatic heterocycles. The Bertz CT molecular complexity index is 672. The molecule has 0 unspecified atom stereocenters. The lowest BCUT2D eigenvalue weighted by molar-refractivity contribution is 0.871. The first kappa shape index (κ1) is 13.6. The number of hydrogen-bond donors (Lipinski definition) is 0. The van der Waals surface area contributed by atoms with E-state index in [0.717, 1.165) is 16.2 Å². The zero-order valence-corrected chi connectivity index (χ0v) is 12.3. The Morgan fingerprint density at radius 1 is 1.11 bits per heavy atom. The minimum absolute atomic E-state index is 0.623. The number of aryl methyl sites for hydroxylation is 3. The van der Waals surface area contributed by atoms with Crippen LogP contribution in [0.1, 0.15) is 27.9 Å². The van der Waals surface area contributed by atoms with E-state index in [2.05, 4.69) is 48.3 Å². The van der Waals surface area contributed by atoms with Crippen molar-refractivity contribution in [3.8, 4) is 6.07 Å². The normalized spacial score (nSPS) is 10.3. The molecule has 0 radical (unpaired) electrons. The molecule has 1 aromatic carbocycles. The maximum absolute atomic E-state index is 9.28. The van der Waals surface area contributed by atoms with Crippen LogP contribution in [0.15, 0.2) is 28.1 Å². The zero-order valence-electron chi connectivity index (χ0n) is 11.5. The Balaban J connectivity index is 2.44. The molecule has 2 rings (SSSR count). The van der Waals surface area contributed by atoms with E-state index in [1.54, 1.807) is 0 Å². The van der Waals surface area contributed by atoms with E-state index in [-0.39, 0.29) is 0 Å². The first-order valence-electron chi connectivity index (χ1n) is 6.02. The summed E-state index contributed by atoms with van der Waals surface area (Å²) in [5.41, 5.74) is 4.76. The fourth-order valence-electron chi connectivity index (χ4n) is 1.81. The summed E-state index contributed by atoms with van der Waals surface area (Å²) in [5, 5.41) is 18.2. The maximum Gasteiger partial charge on any atom is 0.142 e. The third-order valence-electron chi connectivity index (χ3n) is 3.07. The van der Waals surface area contributed by atoms with Gasteiger partial charge in [-0.05, 0) is 44.9 Å². The first-order valence-corrected chi connectivity index (χ1v) is 6.83. The van der Waals surface area contributed by atoms with Crippen molar-refractivity contribution in [2.45, 2.75) is 37.6 Å². The molecular formula is C15H15N3S. The molecule has 96 valence electrons. The quantitative estimate of drug-likeness (QED) is 0.833. The van der Waals surface area contributed by atoms with Crippen LogP contribution in [0, 0.1) is 39.0 Å². The Kier molecular flexibility index (Phi) is 3.87. The maximum atomic E-state index is 9.28. The van der Waals surface area contributed by atoms with Crippen LogP contribution >= 0.6 is 11.8 Å². The van der Waals surface area contributed by atoms with Gasteiger partial charge < -0.3 is 0 Å². The topological polar surface area (TPSA) is 49.6 Å². The lowest BCUT2D eigenvalue weighted by Crippen LogP contribution is -1.99. The Hall–Kier alpha value is -1.86. The highest BCUT2D eigenvalue weighted by Gasteiger charge is 2.13. The highest BCUT2D eigenvalue weighted by atomic mass is 32.2.